The van der Waals surface area contributed by atoms with Gasteiger partial charge in [-0.2, -0.15) is 0 Å². The fourth-order valence-electron chi connectivity index (χ4n) is 4.28. The number of hydrogen-bond donors (Lipinski definition) is 1. The second-order valence-corrected chi connectivity index (χ2v) is 7.51. The number of hydrogen-bond acceptors (Lipinski definition) is 2. The van der Waals surface area contributed by atoms with Gasteiger partial charge in [-0.3, -0.25) is 0 Å². The van der Waals surface area contributed by atoms with Crippen LogP contribution < -0.4 is 5.32 Å². The summed E-state index contributed by atoms with van der Waals surface area (Å²) in [5.74, 6) is 0. The van der Waals surface area contributed by atoms with E-state index in [9.17, 15) is 0 Å². The van der Waals surface area contributed by atoms with E-state index in [4.69, 9.17) is 4.42 Å². The van der Waals surface area contributed by atoms with Gasteiger partial charge in [0.2, 0.25) is 0 Å². The first-order valence-electron chi connectivity index (χ1n) is 10.1. The van der Waals surface area contributed by atoms with Crippen molar-refractivity contribution in [1.29, 1.82) is 0 Å². The highest BCUT2D eigenvalue weighted by Crippen LogP contribution is 2.36. The lowest BCUT2D eigenvalue weighted by Gasteiger charge is -2.11. The molecule has 0 unspecified atom stereocenters. The number of furan rings is 1. The van der Waals surface area contributed by atoms with Crippen molar-refractivity contribution in [1.82, 2.24) is 0 Å². The molecule has 0 bridgehead atoms. The second-order valence-electron chi connectivity index (χ2n) is 7.51. The van der Waals surface area contributed by atoms with Gasteiger partial charge >= 0.3 is 0 Å². The Morgan fingerprint density at radius 2 is 1.30 bits per heavy atom. The average molecular weight is 385 g/mol. The van der Waals surface area contributed by atoms with E-state index in [0.717, 1.165) is 33.3 Å². The predicted octanol–water partition coefficient (Wildman–Crippen LogP) is 8.15. The third-order valence-electron chi connectivity index (χ3n) is 5.64. The van der Waals surface area contributed by atoms with Crippen LogP contribution in [0, 0.1) is 0 Å². The van der Waals surface area contributed by atoms with Gasteiger partial charge in [0.05, 0.1) is 11.1 Å². The molecule has 0 amide bonds. The molecule has 2 heteroatoms. The van der Waals surface area contributed by atoms with Gasteiger partial charge < -0.3 is 9.73 Å². The lowest BCUT2D eigenvalue weighted by Crippen LogP contribution is -1.91. The molecule has 0 radical (unpaired) electrons. The Morgan fingerprint density at radius 1 is 0.567 bits per heavy atom. The minimum atomic E-state index is 0.895. The fourth-order valence-corrected chi connectivity index (χ4v) is 4.28. The molecule has 1 N–H and O–H groups in total. The number of fused-ring (bicyclic) bond motifs is 4. The fraction of sp³-hybridized carbons (Fsp3) is 0. The highest BCUT2D eigenvalue weighted by atomic mass is 16.3. The van der Waals surface area contributed by atoms with E-state index in [2.05, 4.69) is 90.2 Å². The summed E-state index contributed by atoms with van der Waals surface area (Å²) in [4.78, 5) is 0. The molecule has 142 valence electrons. The standard InChI is InChI=1S/C28H19NO/c1-2-12-22-19(8-1)9-6-14-23(22)20-10-5-11-21(18-20)29-25-15-7-17-27-28(25)24-13-3-4-16-26(24)30-27/h1-18,29H. The van der Waals surface area contributed by atoms with Crippen LogP contribution in [0.25, 0.3) is 43.8 Å². The summed E-state index contributed by atoms with van der Waals surface area (Å²) < 4.78 is 6.03. The van der Waals surface area contributed by atoms with Crippen LogP contribution in [-0.2, 0) is 0 Å². The first-order chi connectivity index (χ1) is 14.9. The van der Waals surface area contributed by atoms with E-state index in [1.807, 2.05) is 24.3 Å². The van der Waals surface area contributed by atoms with Gasteiger partial charge in [0.15, 0.2) is 0 Å². The minimum Gasteiger partial charge on any atom is -0.456 e. The second kappa shape index (κ2) is 6.78. The zero-order valence-corrected chi connectivity index (χ0v) is 16.3. The van der Waals surface area contributed by atoms with E-state index in [1.54, 1.807) is 0 Å². The Hall–Kier alpha value is -4.04. The van der Waals surface area contributed by atoms with Crippen molar-refractivity contribution in [3.05, 3.63) is 109 Å². The lowest BCUT2D eigenvalue weighted by molar-refractivity contribution is 0.669. The van der Waals surface area contributed by atoms with Crippen molar-refractivity contribution >= 4 is 44.1 Å². The van der Waals surface area contributed by atoms with Gasteiger partial charge in [-0.25, -0.2) is 0 Å². The maximum absolute atomic E-state index is 6.03. The van der Waals surface area contributed by atoms with Gasteiger partial charge in [-0.05, 0) is 52.2 Å². The summed E-state index contributed by atoms with van der Waals surface area (Å²) in [6.07, 6.45) is 0. The maximum Gasteiger partial charge on any atom is 0.137 e. The molecule has 5 aromatic carbocycles. The smallest absolute Gasteiger partial charge is 0.137 e. The first kappa shape index (κ1) is 16.9. The Kier molecular flexibility index (Phi) is 3.82. The summed E-state index contributed by atoms with van der Waals surface area (Å²) >= 11 is 0. The zero-order chi connectivity index (χ0) is 19.9. The molecule has 0 atom stereocenters. The molecular weight excluding hydrogens is 366 g/mol. The highest BCUT2D eigenvalue weighted by molar-refractivity contribution is 6.12. The third-order valence-corrected chi connectivity index (χ3v) is 5.64. The van der Waals surface area contributed by atoms with E-state index in [0.29, 0.717) is 0 Å². The molecule has 0 saturated carbocycles. The van der Waals surface area contributed by atoms with Gasteiger partial charge in [0.1, 0.15) is 11.2 Å². The van der Waals surface area contributed by atoms with E-state index < -0.39 is 0 Å². The molecular formula is C28H19NO. The van der Waals surface area contributed by atoms with E-state index >= 15 is 0 Å². The minimum absolute atomic E-state index is 0.895. The van der Waals surface area contributed by atoms with Crippen LogP contribution in [0.3, 0.4) is 0 Å². The van der Waals surface area contributed by atoms with Crippen molar-refractivity contribution in [3.63, 3.8) is 0 Å². The molecule has 0 aliphatic rings. The van der Waals surface area contributed by atoms with Crippen molar-refractivity contribution < 1.29 is 4.42 Å². The predicted molar refractivity (Wildman–Crippen MR) is 126 cm³/mol. The van der Waals surface area contributed by atoms with E-state index in [-0.39, 0.29) is 0 Å². The number of rotatable bonds is 3. The van der Waals surface area contributed by atoms with Crippen LogP contribution in [0.1, 0.15) is 0 Å². The molecule has 0 fully saturated rings. The molecule has 1 heterocycles. The molecule has 0 saturated heterocycles. The SMILES string of the molecule is c1cc(Nc2cccc3oc4ccccc4c23)cc(-c2cccc3ccccc23)c1. The Morgan fingerprint density at radius 3 is 2.27 bits per heavy atom. The van der Waals surface area contributed by atoms with Crippen molar-refractivity contribution in [2.75, 3.05) is 5.32 Å². The van der Waals surface area contributed by atoms with Crippen LogP contribution in [0.4, 0.5) is 11.4 Å². The van der Waals surface area contributed by atoms with Crippen molar-refractivity contribution in [2.24, 2.45) is 0 Å². The molecule has 30 heavy (non-hydrogen) atoms. The van der Waals surface area contributed by atoms with Gasteiger partial charge in [0, 0.05) is 11.1 Å². The summed E-state index contributed by atoms with van der Waals surface area (Å²) in [5, 5.41) is 8.38. The van der Waals surface area contributed by atoms with Crippen LogP contribution in [0.2, 0.25) is 0 Å². The molecule has 0 aliphatic carbocycles. The quantitative estimate of drug-likeness (QED) is 0.332. The lowest BCUT2D eigenvalue weighted by atomic mass is 9.98. The highest BCUT2D eigenvalue weighted by Gasteiger charge is 2.11. The monoisotopic (exact) mass is 385 g/mol. The maximum atomic E-state index is 6.03. The number of benzene rings is 5. The largest absolute Gasteiger partial charge is 0.456 e. The molecule has 0 spiro atoms. The van der Waals surface area contributed by atoms with Crippen LogP contribution in [-0.4, -0.2) is 0 Å². The molecule has 6 aromatic rings. The van der Waals surface area contributed by atoms with Gasteiger partial charge in [-0.15, -0.1) is 0 Å². The Balaban J connectivity index is 1.46. The number of anilines is 2. The first-order valence-corrected chi connectivity index (χ1v) is 10.1. The molecule has 2 nitrogen and oxygen atoms in total. The summed E-state index contributed by atoms with van der Waals surface area (Å²) in [6.45, 7) is 0. The normalized spacial score (nSPS) is 11.3. The molecule has 6 rings (SSSR count). The Labute approximate surface area is 174 Å². The third kappa shape index (κ3) is 2.73. The molecule has 0 aliphatic heterocycles. The summed E-state index contributed by atoms with van der Waals surface area (Å²) in [5.41, 5.74) is 6.34. The summed E-state index contributed by atoms with van der Waals surface area (Å²) in [6, 6.07) is 37.9. The number of nitrogens with one attached hydrogen (secondary N) is 1. The van der Waals surface area contributed by atoms with Crippen molar-refractivity contribution in [2.45, 2.75) is 0 Å². The zero-order valence-electron chi connectivity index (χ0n) is 16.3. The topological polar surface area (TPSA) is 25.2 Å². The van der Waals surface area contributed by atoms with Crippen LogP contribution in [0.5, 0.6) is 0 Å². The average Bonchev–Trinajstić information content (AvgIpc) is 3.18. The Bertz CT molecular complexity index is 1520. The van der Waals surface area contributed by atoms with Crippen molar-refractivity contribution in [3.8, 4) is 11.1 Å². The summed E-state index contributed by atoms with van der Waals surface area (Å²) in [7, 11) is 0. The van der Waals surface area contributed by atoms with Gasteiger partial charge in [-0.1, -0.05) is 78.9 Å². The molecule has 1 aromatic heterocycles. The van der Waals surface area contributed by atoms with Crippen LogP contribution in [0.15, 0.2) is 114 Å². The van der Waals surface area contributed by atoms with Gasteiger partial charge in [0.25, 0.3) is 0 Å². The van der Waals surface area contributed by atoms with E-state index in [1.165, 1.54) is 21.9 Å². The van der Waals surface area contributed by atoms with Crippen LogP contribution >= 0.6 is 0 Å². The number of para-hydroxylation sites is 1.